The lowest BCUT2D eigenvalue weighted by molar-refractivity contribution is -0.0501. The second-order valence-corrected chi connectivity index (χ2v) is 12.4. The van der Waals surface area contributed by atoms with E-state index in [-0.39, 0.29) is 11.5 Å². The zero-order valence-corrected chi connectivity index (χ0v) is 22.4. The van der Waals surface area contributed by atoms with Crippen LogP contribution < -0.4 is 0 Å². The summed E-state index contributed by atoms with van der Waals surface area (Å²) in [6.07, 6.45) is 16.7. The van der Waals surface area contributed by atoms with Crippen molar-refractivity contribution in [2.75, 3.05) is 20.1 Å². The van der Waals surface area contributed by atoms with Crippen LogP contribution in [0.1, 0.15) is 87.3 Å². The highest BCUT2D eigenvalue weighted by molar-refractivity contribution is 5.40. The van der Waals surface area contributed by atoms with Crippen molar-refractivity contribution in [3.63, 3.8) is 0 Å². The van der Waals surface area contributed by atoms with Gasteiger partial charge in [0.2, 0.25) is 0 Å². The van der Waals surface area contributed by atoms with Crippen molar-refractivity contribution in [1.29, 1.82) is 0 Å². The lowest BCUT2D eigenvalue weighted by atomic mass is 9.51. The van der Waals surface area contributed by atoms with Crippen LogP contribution in [0, 0.1) is 23.2 Å². The van der Waals surface area contributed by atoms with Gasteiger partial charge in [-0.15, -0.1) is 0 Å². The predicted octanol–water partition coefficient (Wildman–Crippen LogP) is 6.36. The Kier molecular flexibility index (Phi) is 8.02. The fraction of sp³-hybridized carbons (Fsp3) is 0.656. The maximum atomic E-state index is 11.0. The van der Waals surface area contributed by atoms with E-state index in [0.29, 0.717) is 29.4 Å². The number of hydrogen-bond donors (Lipinski definition) is 2. The number of nitrogens with zero attached hydrogens (tertiary/aromatic N) is 2. The summed E-state index contributed by atoms with van der Waals surface area (Å²) in [6.45, 7) is 4.71. The second kappa shape index (κ2) is 11.2. The Balaban J connectivity index is 1.14. The molecule has 0 saturated heterocycles. The van der Waals surface area contributed by atoms with E-state index in [1.165, 1.54) is 68.2 Å². The number of fused-ring (bicyclic) bond motifs is 5. The van der Waals surface area contributed by atoms with Crippen molar-refractivity contribution >= 4 is 0 Å². The fourth-order valence-electron chi connectivity index (χ4n) is 8.31. The molecule has 2 aromatic rings. The predicted molar refractivity (Wildman–Crippen MR) is 146 cm³/mol. The van der Waals surface area contributed by atoms with Crippen LogP contribution in [0.25, 0.3) is 0 Å². The smallest absolute Gasteiger partial charge is 0.115 e. The molecule has 3 aliphatic carbocycles. The molecule has 2 N–H and O–H groups in total. The van der Waals surface area contributed by atoms with Gasteiger partial charge < -0.3 is 15.1 Å². The van der Waals surface area contributed by atoms with Gasteiger partial charge in [0.05, 0.1) is 6.10 Å². The van der Waals surface area contributed by atoms with Crippen LogP contribution in [0.15, 0.2) is 42.7 Å². The molecule has 6 atom stereocenters. The van der Waals surface area contributed by atoms with Gasteiger partial charge in [-0.25, -0.2) is 0 Å². The summed E-state index contributed by atoms with van der Waals surface area (Å²) >= 11 is 0. The molecule has 0 spiro atoms. The molecule has 1 heterocycles. The third-order valence-electron chi connectivity index (χ3n) is 10.1. The summed E-state index contributed by atoms with van der Waals surface area (Å²) in [5.74, 6) is 2.99. The van der Waals surface area contributed by atoms with Crippen LogP contribution >= 0.6 is 0 Å². The summed E-state index contributed by atoms with van der Waals surface area (Å²) in [7, 11) is 2.26. The molecule has 0 bridgehead atoms. The third kappa shape index (κ3) is 5.36. The van der Waals surface area contributed by atoms with E-state index >= 15 is 0 Å². The number of benzene rings is 1. The maximum Gasteiger partial charge on any atom is 0.115 e. The molecule has 0 amide bonds. The summed E-state index contributed by atoms with van der Waals surface area (Å²) in [4.78, 5) is 6.70. The fourth-order valence-corrected chi connectivity index (χ4v) is 8.31. The van der Waals surface area contributed by atoms with Gasteiger partial charge in [-0.3, -0.25) is 4.98 Å². The van der Waals surface area contributed by atoms with Crippen LogP contribution in [0.2, 0.25) is 0 Å². The number of aliphatic hydroxyl groups is 1. The van der Waals surface area contributed by atoms with Crippen molar-refractivity contribution in [2.24, 2.45) is 23.2 Å². The van der Waals surface area contributed by atoms with Gasteiger partial charge in [0.25, 0.3) is 0 Å². The highest BCUT2D eigenvalue weighted by atomic mass is 16.3. The Labute approximate surface area is 218 Å². The number of unbranched alkanes of at least 4 members (excludes halogenated alkanes) is 2. The standard InChI is InChI=1S/C32H46N2O2/c1-32-21-25(10-4-3-5-18-34(2)19-7-9-23-8-6-17-33-22-23)31-27-14-12-26(35)20-24(27)11-13-28(31)29(32)15-16-30(32)36/h6,8,12,14,17,20,22,25,28-31,35-36H,3-5,7,9-11,13,15-16,18-19,21H2,1-2H3/t25-,28?,29?,30?,31?,32?/m0/s1. The first-order chi connectivity index (χ1) is 17.5. The van der Waals surface area contributed by atoms with E-state index in [2.05, 4.69) is 36.0 Å². The van der Waals surface area contributed by atoms with Gasteiger partial charge >= 0.3 is 0 Å². The molecule has 2 fully saturated rings. The molecule has 1 aromatic carbocycles. The third-order valence-corrected chi connectivity index (χ3v) is 10.1. The molecule has 2 saturated carbocycles. The first-order valence-electron chi connectivity index (χ1n) is 14.5. The number of pyridine rings is 1. The number of hydrogen-bond acceptors (Lipinski definition) is 4. The average molecular weight is 491 g/mol. The molecule has 0 aliphatic heterocycles. The van der Waals surface area contributed by atoms with Crippen molar-refractivity contribution < 1.29 is 10.2 Å². The highest BCUT2D eigenvalue weighted by Gasteiger charge is 2.57. The van der Waals surface area contributed by atoms with E-state index < -0.39 is 0 Å². The summed E-state index contributed by atoms with van der Waals surface area (Å²) in [5, 5.41) is 21.1. The molecule has 5 unspecified atom stereocenters. The van der Waals surface area contributed by atoms with E-state index in [9.17, 15) is 10.2 Å². The van der Waals surface area contributed by atoms with E-state index in [4.69, 9.17) is 0 Å². The van der Waals surface area contributed by atoms with Gasteiger partial charge in [-0.05, 0) is 142 Å². The maximum absolute atomic E-state index is 11.0. The first kappa shape index (κ1) is 25.7. The summed E-state index contributed by atoms with van der Waals surface area (Å²) < 4.78 is 0. The Hall–Kier alpha value is -1.91. The van der Waals surface area contributed by atoms with Crippen LogP contribution in [0.5, 0.6) is 5.75 Å². The normalized spacial score (nSPS) is 31.2. The molecule has 4 nitrogen and oxygen atoms in total. The SMILES string of the molecule is CN(CCCCC[C@H]1CC2(C)C(O)CCC2C2CCc3cc(O)ccc3C21)CCCc1cccnc1. The number of phenolic OH excluding ortho intramolecular Hbond substituents is 1. The monoisotopic (exact) mass is 490 g/mol. The van der Waals surface area contributed by atoms with Crippen molar-refractivity contribution in [2.45, 2.75) is 89.6 Å². The molecule has 36 heavy (non-hydrogen) atoms. The molecule has 4 heteroatoms. The van der Waals surface area contributed by atoms with E-state index in [1.54, 1.807) is 0 Å². The Bertz CT molecular complexity index is 995. The van der Waals surface area contributed by atoms with Crippen LogP contribution in [0.3, 0.4) is 0 Å². The highest BCUT2D eigenvalue weighted by Crippen LogP contribution is 2.63. The number of aliphatic hydroxyl groups excluding tert-OH is 1. The van der Waals surface area contributed by atoms with Crippen LogP contribution in [-0.4, -0.2) is 46.3 Å². The average Bonchev–Trinajstić information content (AvgIpc) is 3.17. The Morgan fingerprint density at radius 3 is 2.75 bits per heavy atom. The summed E-state index contributed by atoms with van der Waals surface area (Å²) in [6, 6.07) is 10.3. The van der Waals surface area contributed by atoms with Gasteiger partial charge in [-0.2, -0.15) is 0 Å². The van der Waals surface area contributed by atoms with Gasteiger partial charge in [0, 0.05) is 12.4 Å². The van der Waals surface area contributed by atoms with Gasteiger partial charge in [0.1, 0.15) is 5.75 Å². The lowest BCUT2D eigenvalue weighted by Crippen LogP contribution is -2.47. The molecule has 1 aromatic heterocycles. The zero-order chi connectivity index (χ0) is 25.1. The Morgan fingerprint density at radius 1 is 1.06 bits per heavy atom. The number of phenols is 1. The van der Waals surface area contributed by atoms with Gasteiger partial charge in [0.15, 0.2) is 0 Å². The van der Waals surface area contributed by atoms with Crippen LogP contribution in [-0.2, 0) is 12.8 Å². The number of aromatic hydroxyl groups is 1. The Morgan fingerprint density at radius 2 is 1.92 bits per heavy atom. The molecule has 3 aliphatic rings. The van der Waals surface area contributed by atoms with E-state index in [1.807, 2.05) is 30.6 Å². The van der Waals surface area contributed by atoms with Crippen molar-refractivity contribution in [3.05, 3.63) is 59.4 Å². The first-order valence-corrected chi connectivity index (χ1v) is 14.5. The largest absolute Gasteiger partial charge is 0.508 e. The van der Waals surface area contributed by atoms with Crippen LogP contribution in [0.4, 0.5) is 0 Å². The minimum atomic E-state index is -0.132. The molecular weight excluding hydrogens is 444 g/mol. The topological polar surface area (TPSA) is 56.6 Å². The number of rotatable bonds is 10. The minimum Gasteiger partial charge on any atom is -0.508 e. The zero-order valence-electron chi connectivity index (χ0n) is 22.4. The summed E-state index contributed by atoms with van der Waals surface area (Å²) in [5.41, 5.74) is 4.30. The molecular formula is C32H46N2O2. The van der Waals surface area contributed by atoms with Crippen molar-refractivity contribution in [1.82, 2.24) is 9.88 Å². The molecule has 196 valence electrons. The van der Waals surface area contributed by atoms with Crippen molar-refractivity contribution in [3.8, 4) is 5.75 Å². The quantitative estimate of drug-likeness (QED) is 0.381. The molecule has 5 rings (SSSR count). The van der Waals surface area contributed by atoms with Gasteiger partial charge in [-0.1, -0.05) is 31.9 Å². The molecule has 0 radical (unpaired) electrons. The lowest BCUT2D eigenvalue weighted by Gasteiger charge is -2.54. The van der Waals surface area contributed by atoms with E-state index in [0.717, 1.165) is 32.2 Å². The second-order valence-electron chi connectivity index (χ2n) is 12.4. The number of aromatic nitrogens is 1. The minimum absolute atomic E-state index is 0.0920. The number of aryl methyl sites for hydroxylation is 2.